The first-order valence-corrected chi connectivity index (χ1v) is 18.2. The van der Waals surface area contributed by atoms with Crippen molar-refractivity contribution in [2.75, 3.05) is 59.4 Å². The third-order valence-corrected chi connectivity index (χ3v) is 11.2. The van der Waals surface area contributed by atoms with Gasteiger partial charge in [-0.2, -0.15) is 0 Å². The van der Waals surface area contributed by atoms with Gasteiger partial charge in [-0.05, 0) is 102 Å². The third-order valence-electron chi connectivity index (χ3n) is 7.90. The number of benzene rings is 2. The molecule has 14 nitrogen and oxygen atoms in total. The minimum atomic E-state index is -3.60. The van der Waals surface area contributed by atoms with Crippen LogP contribution in [0.3, 0.4) is 0 Å². The van der Waals surface area contributed by atoms with Crippen molar-refractivity contribution in [2.45, 2.75) is 61.2 Å². The Morgan fingerprint density at radius 1 is 0.689 bits per heavy atom. The first kappa shape index (κ1) is 36.4. The van der Waals surface area contributed by atoms with Crippen molar-refractivity contribution in [1.82, 2.24) is 18.8 Å². The van der Waals surface area contributed by atoms with E-state index in [1.54, 1.807) is 7.05 Å². The summed E-state index contributed by atoms with van der Waals surface area (Å²) in [5.74, 6) is 0. The van der Waals surface area contributed by atoms with Crippen molar-refractivity contribution in [3.63, 3.8) is 0 Å². The number of sulfonamides is 2. The number of hydrogen-bond donors (Lipinski definition) is 1. The summed E-state index contributed by atoms with van der Waals surface area (Å²) < 4.78 is 52.9. The van der Waals surface area contributed by atoms with Gasteiger partial charge in [0.05, 0.1) is 19.6 Å². The van der Waals surface area contributed by atoms with Crippen LogP contribution in [0.1, 0.15) is 51.4 Å². The molecule has 0 saturated carbocycles. The number of nitrogens with one attached hydrogen (secondary N) is 1. The average molecular weight is 669 g/mol. The van der Waals surface area contributed by atoms with E-state index in [1.165, 1.54) is 91.4 Å². The Morgan fingerprint density at radius 3 is 1.56 bits per heavy atom. The lowest BCUT2D eigenvalue weighted by Crippen LogP contribution is -2.34. The molecule has 2 aliphatic heterocycles. The lowest BCUT2D eigenvalue weighted by atomic mass is 10.1. The van der Waals surface area contributed by atoms with Crippen molar-refractivity contribution >= 4 is 31.4 Å². The molecule has 250 valence electrons. The quantitative estimate of drug-likeness (QED) is 0.177. The second-order valence-electron chi connectivity index (χ2n) is 11.2. The Bertz CT molecular complexity index is 1440. The minimum Gasteiger partial charge on any atom is -0.303 e. The van der Waals surface area contributed by atoms with E-state index in [4.69, 9.17) is 0 Å². The molecular weight excluding hydrogens is 624 g/mol. The van der Waals surface area contributed by atoms with Gasteiger partial charge in [0, 0.05) is 44.4 Å². The normalized spacial score (nSPS) is 16.6. The predicted octanol–water partition coefficient (Wildman–Crippen LogP) is 3.84. The highest BCUT2D eigenvalue weighted by molar-refractivity contribution is 7.89. The maximum atomic E-state index is 12.4. The first-order valence-electron chi connectivity index (χ1n) is 15.3. The zero-order chi connectivity index (χ0) is 32.9. The fourth-order valence-electron chi connectivity index (χ4n) is 5.26. The topological polar surface area (TPSA) is 176 Å². The van der Waals surface area contributed by atoms with Crippen LogP contribution in [0.5, 0.6) is 0 Å². The van der Waals surface area contributed by atoms with Crippen LogP contribution in [-0.4, -0.2) is 100 Å². The van der Waals surface area contributed by atoms with Gasteiger partial charge in [0.25, 0.3) is 11.4 Å². The Balaban J connectivity index is 0.000000246. The number of rotatable bonds is 14. The number of nitro benzene ring substituents is 2. The molecule has 2 aliphatic rings. The largest absolute Gasteiger partial charge is 0.303 e. The Morgan fingerprint density at radius 2 is 1.11 bits per heavy atom. The second kappa shape index (κ2) is 17.6. The van der Waals surface area contributed by atoms with Crippen molar-refractivity contribution < 1.29 is 26.7 Å². The molecule has 0 atom stereocenters. The van der Waals surface area contributed by atoms with E-state index >= 15 is 0 Å². The van der Waals surface area contributed by atoms with Crippen LogP contribution in [0.25, 0.3) is 0 Å². The molecule has 45 heavy (non-hydrogen) atoms. The molecular formula is C29H44N6O8S2. The van der Waals surface area contributed by atoms with E-state index in [1.807, 2.05) is 0 Å². The van der Waals surface area contributed by atoms with E-state index in [-0.39, 0.29) is 21.2 Å². The highest BCUT2D eigenvalue weighted by Gasteiger charge is 2.22. The SMILES string of the molecule is CN(CCCN1CCCCC1)S(=O)(=O)c1ccc([N+](=O)[O-])cc1.O=[N+]([O-])c1ccc(S(=O)(=O)NCCCN2CCCCC2)cc1. The van der Waals surface area contributed by atoms with Crippen molar-refractivity contribution in [3.05, 3.63) is 68.8 Å². The monoisotopic (exact) mass is 668 g/mol. The van der Waals surface area contributed by atoms with E-state index in [0.717, 1.165) is 52.1 Å². The standard InChI is InChI=1S/C15H23N3O4S.C14H21N3O4S/c1-16(10-5-13-17-11-3-2-4-12-17)23(21,22)15-8-6-14(7-9-15)18(19)20;18-17(19)13-5-7-14(8-6-13)22(20,21)15-9-4-12-16-10-2-1-3-11-16/h6-9H,2-5,10-13H2,1H3;5-8,15H,1-4,9-12H2. The fourth-order valence-corrected chi connectivity index (χ4v) is 7.55. The molecule has 1 N–H and O–H groups in total. The molecule has 4 rings (SSSR count). The summed E-state index contributed by atoms with van der Waals surface area (Å²) in [5, 5.41) is 21.2. The second-order valence-corrected chi connectivity index (χ2v) is 15.0. The number of nitro groups is 2. The van der Waals surface area contributed by atoms with E-state index in [9.17, 15) is 37.1 Å². The van der Waals surface area contributed by atoms with Gasteiger partial charge in [-0.25, -0.2) is 25.9 Å². The molecule has 0 aliphatic carbocycles. The summed E-state index contributed by atoms with van der Waals surface area (Å²) in [5.41, 5.74) is -0.235. The molecule has 16 heteroatoms. The van der Waals surface area contributed by atoms with Crippen LogP contribution in [0.4, 0.5) is 11.4 Å². The van der Waals surface area contributed by atoms with Gasteiger partial charge in [-0.3, -0.25) is 20.2 Å². The van der Waals surface area contributed by atoms with Crippen LogP contribution in [0.2, 0.25) is 0 Å². The molecule has 0 amide bonds. The van der Waals surface area contributed by atoms with E-state index in [2.05, 4.69) is 14.5 Å². The Kier molecular flexibility index (Phi) is 14.3. The van der Waals surface area contributed by atoms with E-state index in [0.29, 0.717) is 13.1 Å². The Labute approximate surface area is 265 Å². The van der Waals surface area contributed by atoms with Crippen molar-refractivity contribution in [1.29, 1.82) is 0 Å². The average Bonchev–Trinajstić information content (AvgIpc) is 3.04. The van der Waals surface area contributed by atoms with Gasteiger partial charge in [-0.15, -0.1) is 0 Å². The minimum absolute atomic E-state index is 0.0519. The highest BCUT2D eigenvalue weighted by atomic mass is 32.2. The van der Waals surface area contributed by atoms with Gasteiger partial charge in [-0.1, -0.05) is 12.8 Å². The summed E-state index contributed by atoms with van der Waals surface area (Å²) in [6, 6.07) is 9.91. The van der Waals surface area contributed by atoms with Crippen LogP contribution >= 0.6 is 0 Å². The first-order chi connectivity index (χ1) is 21.4. The lowest BCUT2D eigenvalue weighted by molar-refractivity contribution is -0.385. The number of piperidine rings is 2. The molecule has 0 unspecified atom stereocenters. The fraction of sp³-hybridized carbons (Fsp3) is 0.586. The number of nitrogens with zero attached hydrogens (tertiary/aromatic N) is 5. The summed E-state index contributed by atoms with van der Waals surface area (Å²) in [6.07, 6.45) is 8.97. The summed E-state index contributed by atoms with van der Waals surface area (Å²) in [7, 11) is -5.64. The van der Waals surface area contributed by atoms with E-state index < -0.39 is 29.9 Å². The molecule has 2 heterocycles. The molecule has 2 aromatic rings. The molecule has 0 spiro atoms. The van der Waals surface area contributed by atoms with Crippen LogP contribution in [0, 0.1) is 20.2 Å². The van der Waals surface area contributed by atoms with Gasteiger partial charge < -0.3 is 9.80 Å². The summed E-state index contributed by atoms with van der Waals surface area (Å²) in [4.78, 5) is 25.0. The number of hydrogen-bond acceptors (Lipinski definition) is 10. The number of likely N-dealkylation sites (tertiary alicyclic amines) is 2. The smallest absolute Gasteiger partial charge is 0.269 e. The molecule has 2 fully saturated rings. The highest BCUT2D eigenvalue weighted by Crippen LogP contribution is 2.19. The molecule has 2 aromatic carbocycles. The zero-order valence-electron chi connectivity index (χ0n) is 25.8. The summed E-state index contributed by atoms with van der Waals surface area (Å²) >= 11 is 0. The Hall–Kier alpha value is -3.02. The zero-order valence-corrected chi connectivity index (χ0v) is 27.4. The van der Waals surface area contributed by atoms with Crippen LogP contribution in [-0.2, 0) is 20.0 Å². The number of non-ortho nitro benzene ring substituents is 2. The molecule has 2 saturated heterocycles. The molecule has 0 radical (unpaired) electrons. The third kappa shape index (κ3) is 11.7. The van der Waals surface area contributed by atoms with Crippen molar-refractivity contribution in [3.8, 4) is 0 Å². The van der Waals surface area contributed by atoms with Crippen LogP contribution < -0.4 is 4.72 Å². The maximum Gasteiger partial charge on any atom is 0.269 e. The van der Waals surface area contributed by atoms with Gasteiger partial charge >= 0.3 is 0 Å². The van der Waals surface area contributed by atoms with Gasteiger partial charge in [0.1, 0.15) is 0 Å². The maximum absolute atomic E-state index is 12.4. The summed E-state index contributed by atoms with van der Waals surface area (Å²) in [6.45, 7) is 6.98. The molecule has 0 aromatic heterocycles. The van der Waals surface area contributed by atoms with Gasteiger partial charge in [0.2, 0.25) is 20.0 Å². The molecule has 0 bridgehead atoms. The van der Waals surface area contributed by atoms with Crippen molar-refractivity contribution in [2.24, 2.45) is 0 Å². The van der Waals surface area contributed by atoms with Crippen LogP contribution in [0.15, 0.2) is 58.3 Å². The lowest BCUT2D eigenvalue weighted by Gasteiger charge is -2.27. The van der Waals surface area contributed by atoms with Gasteiger partial charge in [0.15, 0.2) is 0 Å². The predicted molar refractivity (Wildman–Crippen MR) is 171 cm³/mol.